The van der Waals surface area contributed by atoms with E-state index in [1.165, 1.54) is 0 Å². The summed E-state index contributed by atoms with van der Waals surface area (Å²) in [6.07, 6.45) is 0. The van der Waals surface area contributed by atoms with Gasteiger partial charge in [0, 0.05) is 5.56 Å². The van der Waals surface area contributed by atoms with Crippen LogP contribution in [0.15, 0.2) is 12.1 Å². The monoisotopic (exact) mass is 220 g/mol. The maximum atomic E-state index is 12.7. The van der Waals surface area contributed by atoms with E-state index in [1.54, 1.807) is 0 Å². The van der Waals surface area contributed by atoms with Crippen molar-refractivity contribution in [3.63, 3.8) is 0 Å². The van der Waals surface area contributed by atoms with Gasteiger partial charge in [-0.15, -0.1) is 11.6 Å². The predicted molar refractivity (Wildman–Crippen MR) is 49.0 cm³/mol. The van der Waals surface area contributed by atoms with Gasteiger partial charge in [0.05, 0.1) is 10.9 Å². The van der Waals surface area contributed by atoms with Crippen LogP contribution in [-0.4, -0.2) is 5.88 Å². The molecule has 1 rings (SSSR count). The van der Waals surface area contributed by atoms with E-state index in [-0.39, 0.29) is 16.5 Å². The van der Waals surface area contributed by atoms with Gasteiger partial charge in [-0.3, -0.25) is 0 Å². The Hall–Kier alpha value is -0.780. The lowest BCUT2D eigenvalue weighted by Crippen LogP contribution is -1.87. The van der Waals surface area contributed by atoms with Crippen LogP contribution in [0, 0.1) is 23.5 Å². The van der Waals surface area contributed by atoms with E-state index in [0.717, 1.165) is 12.1 Å². The molecule has 4 heteroatoms. The summed E-state index contributed by atoms with van der Waals surface area (Å²) in [5.74, 6) is 3.17. The molecule has 68 valence electrons. The van der Waals surface area contributed by atoms with Gasteiger partial charge in [-0.2, -0.15) is 0 Å². The van der Waals surface area contributed by atoms with Gasteiger partial charge in [0.2, 0.25) is 0 Å². The van der Waals surface area contributed by atoms with Crippen LogP contribution >= 0.6 is 23.2 Å². The number of benzene rings is 1. The van der Waals surface area contributed by atoms with Crippen LogP contribution in [-0.2, 0) is 0 Å². The molecule has 1 aromatic carbocycles. The second-order valence-corrected chi connectivity index (χ2v) is 2.86. The number of hydrogen-bond acceptors (Lipinski definition) is 0. The van der Waals surface area contributed by atoms with Gasteiger partial charge in [0.15, 0.2) is 11.6 Å². The van der Waals surface area contributed by atoms with Crippen LogP contribution in [0.4, 0.5) is 8.78 Å². The molecular weight excluding hydrogens is 217 g/mol. The first kappa shape index (κ1) is 10.3. The predicted octanol–water partition coefficient (Wildman–Crippen LogP) is 3.21. The van der Waals surface area contributed by atoms with Gasteiger partial charge in [0.25, 0.3) is 0 Å². The van der Waals surface area contributed by atoms with E-state index in [2.05, 4.69) is 11.8 Å². The molecule has 0 saturated carbocycles. The summed E-state index contributed by atoms with van der Waals surface area (Å²) >= 11 is 10.9. The third-order valence-electron chi connectivity index (χ3n) is 1.30. The molecule has 0 saturated heterocycles. The molecule has 0 N–H and O–H groups in total. The second kappa shape index (κ2) is 4.45. The standard InChI is InChI=1S/C9H4Cl2F2/c10-3-1-2-6-4-8(12)9(13)5-7(6)11/h4-5H,3H2. The smallest absolute Gasteiger partial charge is 0.160 e. The van der Waals surface area contributed by atoms with Gasteiger partial charge in [-0.05, 0) is 12.1 Å². The Kier molecular flexibility index (Phi) is 3.53. The molecule has 0 aromatic heterocycles. The molecule has 0 aliphatic heterocycles. The van der Waals surface area contributed by atoms with E-state index in [4.69, 9.17) is 23.2 Å². The zero-order chi connectivity index (χ0) is 9.84. The Morgan fingerprint density at radius 1 is 1.23 bits per heavy atom. The maximum absolute atomic E-state index is 12.7. The molecule has 0 spiro atoms. The van der Waals surface area contributed by atoms with Gasteiger partial charge in [0.1, 0.15) is 0 Å². The molecule has 0 atom stereocenters. The number of alkyl halides is 1. The van der Waals surface area contributed by atoms with Gasteiger partial charge in [-0.25, -0.2) is 8.78 Å². The molecule has 0 bridgehead atoms. The van der Waals surface area contributed by atoms with Gasteiger partial charge in [-0.1, -0.05) is 23.4 Å². The molecule has 0 nitrogen and oxygen atoms in total. The SMILES string of the molecule is Fc1cc(Cl)c(C#CCCl)cc1F. The Morgan fingerprint density at radius 3 is 2.46 bits per heavy atom. The fourth-order valence-electron chi connectivity index (χ4n) is 0.747. The average molecular weight is 221 g/mol. The van der Waals surface area contributed by atoms with Crippen LogP contribution in [0.1, 0.15) is 5.56 Å². The molecule has 1 aromatic rings. The lowest BCUT2D eigenvalue weighted by Gasteiger charge is -1.96. The zero-order valence-corrected chi connectivity index (χ0v) is 7.89. The summed E-state index contributed by atoms with van der Waals surface area (Å²) in [5.41, 5.74) is 0.237. The highest BCUT2D eigenvalue weighted by atomic mass is 35.5. The molecule has 0 heterocycles. The van der Waals surface area contributed by atoms with Crippen molar-refractivity contribution in [1.29, 1.82) is 0 Å². The molecule has 0 fully saturated rings. The first-order valence-corrected chi connectivity index (χ1v) is 4.25. The fourth-order valence-corrected chi connectivity index (χ4v) is 1.01. The Labute approximate surface area is 84.5 Å². The van der Waals surface area contributed by atoms with Crippen molar-refractivity contribution in [1.82, 2.24) is 0 Å². The quantitative estimate of drug-likeness (QED) is 0.358. The van der Waals surface area contributed by atoms with Crippen LogP contribution in [0.5, 0.6) is 0 Å². The minimum absolute atomic E-state index is 0.0801. The summed E-state index contributed by atoms with van der Waals surface area (Å²) in [5, 5.41) is 0.0801. The minimum Gasteiger partial charge on any atom is -0.204 e. The van der Waals surface area contributed by atoms with Crippen LogP contribution in [0.3, 0.4) is 0 Å². The Morgan fingerprint density at radius 2 is 1.85 bits per heavy atom. The van der Waals surface area contributed by atoms with Crippen LogP contribution < -0.4 is 0 Å². The van der Waals surface area contributed by atoms with E-state index in [1.807, 2.05) is 0 Å². The highest BCUT2D eigenvalue weighted by Crippen LogP contribution is 2.18. The molecular formula is C9H4Cl2F2. The highest BCUT2D eigenvalue weighted by molar-refractivity contribution is 6.31. The topological polar surface area (TPSA) is 0 Å². The molecule has 0 radical (unpaired) electrons. The Bertz CT molecular complexity index is 377. The summed E-state index contributed by atoms with van der Waals surface area (Å²) < 4.78 is 25.2. The van der Waals surface area contributed by atoms with Crippen molar-refractivity contribution in [2.75, 3.05) is 5.88 Å². The van der Waals surface area contributed by atoms with Crippen molar-refractivity contribution >= 4 is 23.2 Å². The van der Waals surface area contributed by atoms with E-state index >= 15 is 0 Å². The maximum Gasteiger partial charge on any atom is 0.160 e. The second-order valence-electron chi connectivity index (χ2n) is 2.18. The van der Waals surface area contributed by atoms with Gasteiger partial charge >= 0.3 is 0 Å². The number of halogens is 4. The van der Waals surface area contributed by atoms with Crippen molar-refractivity contribution < 1.29 is 8.78 Å². The average Bonchev–Trinajstić information content (AvgIpc) is 2.09. The first-order chi connectivity index (χ1) is 6.15. The normalized spacial score (nSPS) is 9.23. The van der Waals surface area contributed by atoms with E-state index in [0.29, 0.717) is 0 Å². The first-order valence-electron chi connectivity index (χ1n) is 3.34. The van der Waals surface area contributed by atoms with Crippen molar-refractivity contribution in [2.24, 2.45) is 0 Å². The Balaban J connectivity index is 3.16. The van der Waals surface area contributed by atoms with Crippen LogP contribution in [0.2, 0.25) is 5.02 Å². The molecule has 0 aliphatic carbocycles. The summed E-state index contributed by atoms with van der Waals surface area (Å²) in [6.45, 7) is 0. The third kappa shape index (κ3) is 2.58. The fraction of sp³-hybridized carbons (Fsp3) is 0.111. The number of hydrogen-bond donors (Lipinski definition) is 0. The largest absolute Gasteiger partial charge is 0.204 e. The molecule has 0 aliphatic rings. The summed E-state index contributed by atoms with van der Waals surface area (Å²) in [4.78, 5) is 0. The summed E-state index contributed by atoms with van der Waals surface area (Å²) in [6, 6.07) is 1.83. The van der Waals surface area contributed by atoms with Crippen molar-refractivity contribution in [2.45, 2.75) is 0 Å². The number of rotatable bonds is 0. The lowest BCUT2D eigenvalue weighted by atomic mass is 10.2. The minimum atomic E-state index is -0.985. The van der Waals surface area contributed by atoms with E-state index in [9.17, 15) is 8.78 Å². The van der Waals surface area contributed by atoms with Gasteiger partial charge < -0.3 is 0 Å². The van der Waals surface area contributed by atoms with Crippen molar-refractivity contribution in [3.8, 4) is 11.8 Å². The summed E-state index contributed by atoms with van der Waals surface area (Å²) in [7, 11) is 0. The molecule has 0 unspecified atom stereocenters. The van der Waals surface area contributed by atoms with Crippen LogP contribution in [0.25, 0.3) is 0 Å². The molecule has 13 heavy (non-hydrogen) atoms. The van der Waals surface area contributed by atoms with Crippen molar-refractivity contribution in [3.05, 3.63) is 34.4 Å². The zero-order valence-electron chi connectivity index (χ0n) is 6.37. The van der Waals surface area contributed by atoms with E-state index < -0.39 is 11.6 Å². The lowest BCUT2D eigenvalue weighted by molar-refractivity contribution is 0.508. The molecule has 0 amide bonds. The highest BCUT2D eigenvalue weighted by Gasteiger charge is 2.05. The third-order valence-corrected chi connectivity index (χ3v) is 1.75.